The first-order chi connectivity index (χ1) is 7.63. The number of benzene rings is 1. The Morgan fingerprint density at radius 1 is 1.62 bits per heavy atom. The van der Waals surface area contributed by atoms with Crippen LogP contribution < -0.4 is 5.32 Å². The van der Waals surface area contributed by atoms with Crippen molar-refractivity contribution in [3.63, 3.8) is 0 Å². The van der Waals surface area contributed by atoms with Crippen molar-refractivity contribution in [3.05, 3.63) is 47.5 Å². The Morgan fingerprint density at radius 2 is 2.38 bits per heavy atom. The maximum absolute atomic E-state index is 5.91. The van der Waals surface area contributed by atoms with Crippen molar-refractivity contribution in [2.24, 2.45) is 0 Å². The predicted octanol–water partition coefficient (Wildman–Crippen LogP) is 2.83. The first kappa shape index (κ1) is 13.0. The maximum Gasteiger partial charge on any atom is 0.169 e. The van der Waals surface area contributed by atoms with E-state index in [-0.39, 0.29) is 0 Å². The van der Waals surface area contributed by atoms with Crippen molar-refractivity contribution in [2.45, 2.75) is 6.54 Å². The van der Waals surface area contributed by atoms with Gasteiger partial charge in [0.05, 0.1) is 0 Å². The zero-order valence-electron chi connectivity index (χ0n) is 9.24. The smallest absolute Gasteiger partial charge is 0.169 e. The summed E-state index contributed by atoms with van der Waals surface area (Å²) in [5.74, 6) is 0. The van der Waals surface area contributed by atoms with Crippen molar-refractivity contribution in [1.82, 2.24) is 10.2 Å². The molecule has 0 saturated heterocycles. The van der Waals surface area contributed by atoms with Crippen LogP contribution >= 0.6 is 23.8 Å². The standard InChI is InChI=1S/C12H15ClN2S/c1-3-7-14-12(16)15(2)9-10-5-4-6-11(13)8-10/h3-6,8H,1,7,9H2,2H3,(H,14,16). The van der Waals surface area contributed by atoms with Gasteiger partial charge in [-0.1, -0.05) is 29.8 Å². The molecule has 0 amide bonds. The fourth-order valence-electron chi connectivity index (χ4n) is 1.28. The summed E-state index contributed by atoms with van der Waals surface area (Å²) in [6.07, 6.45) is 1.78. The molecule has 0 saturated carbocycles. The van der Waals surface area contributed by atoms with Gasteiger partial charge in [0.1, 0.15) is 0 Å². The van der Waals surface area contributed by atoms with E-state index < -0.39 is 0 Å². The Labute approximate surface area is 107 Å². The lowest BCUT2D eigenvalue weighted by molar-refractivity contribution is 0.492. The second-order valence-electron chi connectivity index (χ2n) is 3.46. The van der Waals surface area contributed by atoms with E-state index in [1.54, 1.807) is 6.08 Å². The molecule has 2 nitrogen and oxygen atoms in total. The Bertz CT molecular complexity index is 379. The van der Waals surface area contributed by atoms with Crippen molar-refractivity contribution in [3.8, 4) is 0 Å². The number of nitrogens with one attached hydrogen (secondary N) is 1. The fourth-order valence-corrected chi connectivity index (χ4v) is 1.64. The number of thiocarbonyl (C=S) groups is 1. The molecule has 0 atom stereocenters. The molecule has 1 N–H and O–H groups in total. The van der Waals surface area contributed by atoms with Crippen LogP contribution in [-0.4, -0.2) is 23.6 Å². The topological polar surface area (TPSA) is 15.3 Å². The van der Waals surface area contributed by atoms with Gasteiger partial charge in [0.15, 0.2) is 5.11 Å². The monoisotopic (exact) mass is 254 g/mol. The molecule has 0 fully saturated rings. The molecular formula is C12H15ClN2S. The summed E-state index contributed by atoms with van der Waals surface area (Å²) in [5.41, 5.74) is 1.14. The second-order valence-corrected chi connectivity index (χ2v) is 4.28. The van der Waals surface area contributed by atoms with E-state index in [9.17, 15) is 0 Å². The molecule has 0 unspecified atom stereocenters. The van der Waals surface area contributed by atoms with E-state index in [0.29, 0.717) is 11.7 Å². The molecule has 1 aromatic carbocycles. The fraction of sp³-hybridized carbons (Fsp3) is 0.250. The third kappa shape index (κ3) is 4.21. The zero-order chi connectivity index (χ0) is 12.0. The van der Waals surface area contributed by atoms with Crippen molar-refractivity contribution < 1.29 is 0 Å². The Hall–Kier alpha value is -1.06. The lowest BCUT2D eigenvalue weighted by Crippen LogP contribution is -2.36. The normalized spacial score (nSPS) is 9.62. The van der Waals surface area contributed by atoms with Crippen LogP contribution in [-0.2, 0) is 6.54 Å². The first-order valence-electron chi connectivity index (χ1n) is 4.98. The third-order valence-corrected chi connectivity index (χ3v) is 2.74. The molecule has 0 aliphatic carbocycles. The largest absolute Gasteiger partial charge is 0.359 e. The Balaban J connectivity index is 2.53. The lowest BCUT2D eigenvalue weighted by Gasteiger charge is -2.20. The van der Waals surface area contributed by atoms with Gasteiger partial charge in [0.25, 0.3) is 0 Å². The molecule has 16 heavy (non-hydrogen) atoms. The van der Waals surface area contributed by atoms with Gasteiger partial charge in [-0.25, -0.2) is 0 Å². The van der Waals surface area contributed by atoms with Crippen molar-refractivity contribution >= 4 is 28.9 Å². The zero-order valence-corrected chi connectivity index (χ0v) is 10.8. The Morgan fingerprint density at radius 3 is 3.00 bits per heavy atom. The summed E-state index contributed by atoms with van der Waals surface area (Å²) in [6.45, 7) is 5.05. The van der Waals surface area contributed by atoms with Gasteiger partial charge in [-0.15, -0.1) is 6.58 Å². The van der Waals surface area contributed by atoms with Crippen LogP contribution in [0.5, 0.6) is 0 Å². The van der Waals surface area contributed by atoms with Crippen LogP contribution in [0, 0.1) is 0 Å². The molecule has 0 radical (unpaired) electrons. The number of halogens is 1. The lowest BCUT2D eigenvalue weighted by atomic mass is 10.2. The highest BCUT2D eigenvalue weighted by Crippen LogP contribution is 2.12. The molecule has 0 spiro atoms. The summed E-state index contributed by atoms with van der Waals surface area (Å²) in [7, 11) is 1.94. The summed E-state index contributed by atoms with van der Waals surface area (Å²) in [6, 6.07) is 7.76. The van der Waals surface area contributed by atoms with Crippen LogP contribution in [0.15, 0.2) is 36.9 Å². The van der Waals surface area contributed by atoms with Gasteiger partial charge in [0, 0.05) is 25.2 Å². The van der Waals surface area contributed by atoms with Gasteiger partial charge in [-0.2, -0.15) is 0 Å². The minimum absolute atomic E-state index is 0.679. The van der Waals surface area contributed by atoms with Gasteiger partial charge in [-0.3, -0.25) is 0 Å². The van der Waals surface area contributed by atoms with Crippen LogP contribution in [0.1, 0.15) is 5.56 Å². The van der Waals surface area contributed by atoms with E-state index in [1.165, 1.54) is 0 Å². The van der Waals surface area contributed by atoms with E-state index in [1.807, 2.05) is 36.2 Å². The van der Waals surface area contributed by atoms with Gasteiger partial charge >= 0.3 is 0 Å². The van der Waals surface area contributed by atoms with Crippen LogP contribution in [0.4, 0.5) is 0 Å². The molecule has 86 valence electrons. The number of nitrogens with zero attached hydrogens (tertiary/aromatic N) is 1. The SMILES string of the molecule is C=CCNC(=S)N(C)Cc1cccc(Cl)c1. The maximum atomic E-state index is 5.91. The van der Waals surface area contributed by atoms with E-state index in [2.05, 4.69) is 11.9 Å². The summed E-state index contributed by atoms with van der Waals surface area (Å²) in [5, 5.41) is 4.53. The van der Waals surface area contributed by atoms with Gasteiger partial charge < -0.3 is 10.2 Å². The summed E-state index contributed by atoms with van der Waals surface area (Å²) in [4.78, 5) is 1.96. The molecule has 0 aliphatic heterocycles. The van der Waals surface area contributed by atoms with Crippen molar-refractivity contribution in [2.75, 3.05) is 13.6 Å². The van der Waals surface area contributed by atoms with E-state index in [0.717, 1.165) is 17.1 Å². The molecule has 1 aromatic rings. The van der Waals surface area contributed by atoms with Crippen LogP contribution in [0.25, 0.3) is 0 Å². The van der Waals surface area contributed by atoms with Crippen LogP contribution in [0.3, 0.4) is 0 Å². The second kappa shape index (κ2) is 6.51. The molecule has 0 aliphatic rings. The molecule has 0 heterocycles. The highest BCUT2D eigenvalue weighted by molar-refractivity contribution is 7.80. The molecule has 1 rings (SSSR count). The third-order valence-electron chi connectivity index (χ3n) is 2.05. The van der Waals surface area contributed by atoms with Gasteiger partial charge in [-0.05, 0) is 29.9 Å². The first-order valence-corrected chi connectivity index (χ1v) is 5.76. The molecule has 0 aromatic heterocycles. The molecule has 0 bridgehead atoms. The van der Waals surface area contributed by atoms with Crippen LogP contribution in [0.2, 0.25) is 5.02 Å². The predicted molar refractivity (Wildman–Crippen MR) is 73.7 cm³/mol. The van der Waals surface area contributed by atoms with Crippen molar-refractivity contribution in [1.29, 1.82) is 0 Å². The minimum Gasteiger partial charge on any atom is -0.359 e. The number of rotatable bonds is 4. The summed E-state index contributed by atoms with van der Waals surface area (Å²) < 4.78 is 0. The molecular weight excluding hydrogens is 240 g/mol. The highest BCUT2D eigenvalue weighted by Gasteiger charge is 2.03. The minimum atomic E-state index is 0.679. The average Bonchev–Trinajstić information content (AvgIpc) is 2.25. The highest BCUT2D eigenvalue weighted by atomic mass is 35.5. The quantitative estimate of drug-likeness (QED) is 0.657. The summed E-state index contributed by atoms with van der Waals surface area (Å²) >= 11 is 11.1. The Kier molecular flexibility index (Phi) is 5.29. The van der Waals surface area contributed by atoms with E-state index >= 15 is 0 Å². The molecule has 4 heteroatoms. The number of hydrogen-bond donors (Lipinski definition) is 1. The van der Waals surface area contributed by atoms with E-state index in [4.69, 9.17) is 23.8 Å². The average molecular weight is 255 g/mol. The number of hydrogen-bond acceptors (Lipinski definition) is 1. The van der Waals surface area contributed by atoms with Gasteiger partial charge in [0.2, 0.25) is 0 Å².